The van der Waals surface area contributed by atoms with E-state index in [9.17, 15) is 4.79 Å². The van der Waals surface area contributed by atoms with Crippen molar-refractivity contribution in [1.82, 2.24) is 15.5 Å². The van der Waals surface area contributed by atoms with E-state index in [1.165, 1.54) is 0 Å². The maximum Gasteiger partial charge on any atom is 0.252 e. The molecule has 30 heavy (non-hydrogen) atoms. The van der Waals surface area contributed by atoms with Crippen molar-refractivity contribution in [3.8, 4) is 22.9 Å². The largest absolute Gasteiger partial charge is 0.489 e. The average Bonchev–Trinajstić information content (AvgIpc) is 3.10. The predicted octanol–water partition coefficient (Wildman–Crippen LogP) is 4.68. The maximum absolute atomic E-state index is 13.0. The van der Waals surface area contributed by atoms with Crippen molar-refractivity contribution < 1.29 is 18.8 Å². The molecule has 0 saturated carbocycles. The van der Waals surface area contributed by atoms with Gasteiger partial charge < -0.3 is 19.3 Å². The number of nitrogens with zero attached hydrogens (tertiary/aromatic N) is 2. The fraction of sp³-hybridized carbons (Fsp3) is 0.318. The molecule has 0 aliphatic carbocycles. The van der Waals surface area contributed by atoms with Crippen LogP contribution in [0.4, 0.5) is 0 Å². The van der Waals surface area contributed by atoms with Gasteiger partial charge in [-0.05, 0) is 18.1 Å². The van der Waals surface area contributed by atoms with Gasteiger partial charge >= 0.3 is 0 Å². The molecule has 2 aromatic carbocycles. The molecule has 0 fully saturated rings. The third-order valence-electron chi connectivity index (χ3n) is 4.76. The normalized spacial score (nSPS) is 14.3. The molecule has 2 heterocycles. The summed E-state index contributed by atoms with van der Waals surface area (Å²) in [7, 11) is 0. The fourth-order valence-corrected chi connectivity index (χ4v) is 3.43. The van der Waals surface area contributed by atoms with Crippen LogP contribution in [0, 0.1) is 5.92 Å². The van der Waals surface area contributed by atoms with Crippen molar-refractivity contribution in [2.45, 2.75) is 26.3 Å². The third-order valence-corrected chi connectivity index (χ3v) is 5.04. The molecule has 1 amide bonds. The lowest BCUT2D eigenvalue weighted by Crippen LogP contribution is -2.32. The van der Waals surface area contributed by atoms with Gasteiger partial charge in [0, 0.05) is 17.5 Å². The zero-order chi connectivity index (χ0) is 21.1. The number of fused-ring (bicyclic) bond motifs is 1. The first-order valence-corrected chi connectivity index (χ1v) is 10.2. The van der Waals surface area contributed by atoms with Crippen LogP contribution in [0.3, 0.4) is 0 Å². The zero-order valence-corrected chi connectivity index (χ0v) is 17.5. The molecule has 1 unspecified atom stereocenters. The van der Waals surface area contributed by atoms with E-state index in [1.807, 2.05) is 44.2 Å². The second-order valence-electron chi connectivity index (χ2n) is 7.35. The molecule has 1 aliphatic rings. The number of rotatable bonds is 5. The smallest absolute Gasteiger partial charge is 0.252 e. The van der Waals surface area contributed by atoms with Crippen LogP contribution < -0.4 is 14.8 Å². The Kier molecular flexibility index (Phi) is 5.90. The summed E-state index contributed by atoms with van der Waals surface area (Å²) >= 11 is 6.33. The maximum atomic E-state index is 13.0. The van der Waals surface area contributed by atoms with Crippen molar-refractivity contribution in [1.29, 1.82) is 0 Å². The molecule has 1 atom stereocenters. The summed E-state index contributed by atoms with van der Waals surface area (Å²) < 4.78 is 16.8. The van der Waals surface area contributed by atoms with Gasteiger partial charge in [0.15, 0.2) is 11.5 Å². The van der Waals surface area contributed by atoms with Gasteiger partial charge in [-0.2, -0.15) is 4.98 Å². The Morgan fingerprint density at radius 2 is 1.90 bits per heavy atom. The van der Waals surface area contributed by atoms with E-state index in [1.54, 1.807) is 12.1 Å². The van der Waals surface area contributed by atoms with Crippen LogP contribution in [0.5, 0.6) is 11.5 Å². The van der Waals surface area contributed by atoms with Crippen LogP contribution in [-0.2, 0) is 0 Å². The Labute approximate surface area is 179 Å². The number of hydrogen-bond donors (Lipinski definition) is 1. The van der Waals surface area contributed by atoms with Gasteiger partial charge in [0.2, 0.25) is 11.7 Å². The van der Waals surface area contributed by atoms with Crippen LogP contribution >= 0.6 is 11.6 Å². The summed E-state index contributed by atoms with van der Waals surface area (Å²) in [4.78, 5) is 17.5. The summed E-state index contributed by atoms with van der Waals surface area (Å²) in [5.41, 5.74) is 1.22. The quantitative estimate of drug-likeness (QED) is 0.636. The molecular formula is C22H22ClN3O4. The number of amides is 1. The number of aromatic nitrogens is 2. The lowest BCUT2D eigenvalue weighted by atomic mass is 10.0. The highest BCUT2D eigenvalue weighted by Crippen LogP contribution is 2.38. The van der Waals surface area contributed by atoms with Gasteiger partial charge in [0.1, 0.15) is 6.04 Å². The lowest BCUT2D eigenvalue weighted by molar-refractivity contribution is 0.0913. The van der Waals surface area contributed by atoms with E-state index < -0.39 is 6.04 Å². The van der Waals surface area contributed by atoms with E-state index in [0.717, 1.165) is 12.0 Å². The minimum Gasteiger partial charge on any atom is -0.489 e. The van der Waals surface area contributed by atoms with E-state index in [2.05, 4.69) is 15.5 Å². The van der Waals surface area contributed by atoms with Crippen molar-refractivity contribution in [2.75, 3.05) is 13.2 Å². The van der Waals surface area contributed by atoms with Gasteiger partial charge in [-0.3, -0.25) is 4.79 Å². The number of carbonyl (C=O) groups excluding carboxylic acids is 1. The highest BCUT2D eigenvalue weighted by atomic mass is 35.5. The molecule has 8 heteroatoms. The molecule has 3 aromatic rings. The summed E-state index contributed by atoms with van der Waals surface area (Å²) in [6.45, 7) is 4.97. The number of halogens is 1. The van der Waals surface area contributed by atoms with E-state index in [-0.39, 0.29) is 11.8 Å². The number of nitrogens with one attached hydrogen (secondary N) is 1. The fourth-order valence-electron chi connectivity index (χ4n) is 3.17. The number of benzene rings is 2. The molecule has 0 spiro atoms. The zero-order valence-electron chi connectivity index (χ0n) is 16.7. The Balaban J connectivity index is 1.57. The molecule has 1 aliphatic heterocycles. The average molecular weight is 428 g/mol. The molecule has 156 valence electrons. The van der Waals surface area contributed by atoms with Crippen molar-refractivity contribution in [3.05, 3.63) is 58.9 Å². The number of ether oxygens (including phenoxy) is 2. The van der Waals surface area contributed by atoms with Gasteiger partial charge in [-0.1, -0.05) is 60.9 Å². The van der Waals surface area contributed by atoms with Gasteiger partial charge in [-0.15, -0.1) is 0 Å². The van der Waals surface area contributed by atoms with Crippen molar-refractivity contribution in [2.24, 2.45) is 5.92 Å². The second-order valence-corrected chi connectivity index (χ2v) is 7.76. The highest BCUT2D eigenvalue weighted by molar-refractivity contribution is 6.32. The van der Waals surface area contributed by atoms with Gasteiger partial charge in [0.05, 0.1) is 18.2 Å². The highest BCUT2D eigenvalue weighted by Gasteiger charge is 2.26. The van der Waals surface area contributed by atoms with E-state index in [4.69, 9.17) is 25.6 Å². The van der Waals surface area contributed by atoms with Gasteiger partial charge in [0.25, 0.3) is 5.91 Å². The van der Waals surface area contributed by atoms with Gasteiger partial charge in [-0.25, -0.2) is 0 Å². The Hall–Kier alpha value is -3.06. The van der Waals surface area contributed by atoms with Crippen LogP contribution in [0.15, 0.2) is 47.0 Å². The minimum atomic E-state index is -0.461. The summed E-state index contributed by atoms with van der Waals surface area (Å²) in [6, 6.07) is 12.3. The van der Waals surface area contributed by atoms with E-state index >= 15 is 0 Å². The molecule has 0 bridgehead atoms. The first kappa shape index (κ1) is 20.2. The molecule has 0 saturated heterocycles. The van der Waals surface area contributed by atoms with Crippen molar-refractivity contribution >= 4 is 17.5 Å². The van der Waals surface area contributed by atoms with Crippen molar-refractivity contribution in [3.63, 3.8) is 0 Å². The molecule has 4 rings (SSSR count). The summed E-state index contributed by atoms with van der Waals surface area (Å²) in [5, 5.41) is 7.37. The monoisotopic (exact) mass is 427 g/mol. The molecule has 1 N–H and O–H groups in total. The first-order chi connectivity index (χ1) is 14.5. The molecular weight excluding hydrogens is 406 g/mol. The van der Waals surface area contributed by atoms with Crippen LogP contribution in [0.1, 0.15) is 42.6 Å². The summed E-state index contributed by atoms with van der Waals surface area (Å²) in [6.07, 6.45) is 0.753. The number of hydrogen-bond acceptors (Lipinski definition) is 6. The third kappa shape index (κ3) is 4.26. The molecule has 7 nitrogen and oxygen atoms in total. The SMILES string of the molecule is CC(C)C(NC(=O)c1cc(Cl)c2c(c1)OCCCO2)c1nc(-c2ccccc2)no1. The summed E-state index contributed by atoms with van der Waals surface area (Å²) in [5.74, 6) is 1.47. The molecule has 0 radical (unpaired) electrons. The second kappa shape index (κ2) is 8.75. The van der Waals surface area contributed by atoms with E-state index in [0.29, 0.717) is 47.0 Å². The lowest BCUT2D eigenvalue weighted by Gasteiger charge is -2.19. The number of carbonyl (C=O) groups is 1. The Morgan fingerprint density at radius 3 is 2.67 bits per heavy atom. The first-order valence-electron chi connectivity index (χ1n) is 9.82. The van der Waals surface area contributed by atoms with Crippen LogP contribution in [0.2, 0.25) is 5.02 Å². The standard InChI is InChI=1S/C22H22ClN3O4/c1-13(2)18(22-25-20(26-30-22)14-7-4-3-5-8-14)24-21(27)15-11-16(23)19-17(12-15)28-9-6-10-29-19/h3-5,7-8,11-13,18H,6,9-10H2,1-2H3,(H,24,27). The molecule has 1 aromatic heterocycles. The topological polar surface area (TPSA) is 86.5 Å². The Bertz CT molecular complexity index is 1040. The predicted molar refractivity (Wildman–Crippen MR) is 112 cm³/mol. The Morgan fingerprint density at radius 1 is 1.13 bits per heavy atom. The van der Waals surface area contributed by atoms with Crippen LogP contribution in [-0.4, -0.2) is 29.3 Å². The van der Waals surface area contributed by atoms with Crippen LogP contribution in [0.25, 0.3) is 11.4 Å². The minimum absolute atomic E-state index is 0.0221.